The normalized spacial score (nSPS) is 19.2. The molecule has 0 saturated heterocycles. The van der Waals surface area contributed by atoms with Gasteiger partial charge in [0, 0.05) is 11.7 Å². The SMILES string of the molecule is CC1Cc2ccccc2N1C(=O)N[C@H](C)C(=O)O. The van der Waals surface area contributed by atoms with Crippen LogP contribution in [0.5, 0.6) is 0 Å². The fraction of sp³-hybridized carbons (Fsp3) is 0.385. The smallest absolute Gasteiger partial charge is 0.325 e. The Hall–Kier alpha value is -2.04. The van der Waals surface area contributed by atoms with Crippen LogP contribution in [0.3, 0.4) is 0 Å². The summed E-state index contributed by atoms with van der Waals surface area (Å²) < 4.78 is 0. The number of amides is 2. The van der Waals surface area contributed by atoms with Crippen LogP contribution in [-0.4, -0.2) is 29.2 Å². The van der Waals surface area contributed by atoms with E-state index in [0.29, 0.717) is 0 Å². The predicted octanol–water partition coefficient (Wildman–Crippen LogP) is 1.62. The van der Waals surface area contributed by atoms with Gasteiger partial charge in [0.25, 0.3) is 0 Å². The van der Waals surface area contributed by atoms with Crippen LogP contribution in [0.1, 0.15) is 19.4 Å². The summed E-state index contributed by atoms with van der Waals surface area (Å²) in [5, 5.41) is 11.3. The third-order valence-electron chi connectivity index (χ3n) is 3.14. The molecule has 2 rings (SSSR count). The maximum absolute atomic E-state index is 12.1. The number of anilines is 1. The Balaban J connectivity index is 2.18. The molecule has 1 aromatic carbocycles. The first kappa shape index (κ1) is 12.4. The lowest BCUT2D eigenvalue weighted by Crippen LogP contribution is -2.48. The molecule has 96 valence electrons. The van der Waals surface area contributed by atoms with Gasteiger partial charge in [0.2, 0.25) is 0 Å². The minimum atomic E-state index is -1.04. The second-order valence-corrected chi connectivity index (χ2v) is 4.56. The number of rotatable bonds is 2. The molecule has 1 heterocycles. The van der Waals surface area contributed by atoms with Crippen molar-refractivity contribution >= 4 is 17.7 Å². The van der Waals surface area contributed by atoms with E-state index >= 15 is 0 Å². The second kappa shape index (κ2) is 4.68. The van der Waals surface area contributed by atoms with Gasteiger partial charge in [0.05, 0.1) is 0 Å². The van der Waals surface area contributed by atoms with Gasteiger partial charge in [-0.25, -0.2) is 4.79 Å². The van der Waals surface area contributed by atoms with Crippen LogP contribution >= 0.6 is 0 Å². The second-order valence-electron chi connectivity index (χ2n) is 4.56. The van der Waals surface area contributed by atoms with E-state index in [1.54, 1.807) is 4.90 Å². The van der Waals surface area contributed by atoms with Gasteiger partial charge in [-0.2, -0.15) is 0 Å². The number of para-hydroxylation sites is 1. The van der Waals surface area contributed by atoms with E-state index in [9.17, 15) is 9.59 Å². The van der Waals surface area contributed by atoms with Crippen LogP contribution in [0.25, 0.3) is 0 Å². The Morgan fingerprint density at radius 2 is 2.11 bits per heavy atom. The largest absolute Gasteiger partial charge is 0.480 e. The van der Waals surface area contributed by atoms with Crippen LogP contribution < -0.4 is 10.2 Å². The van der Waals surface area contributed by atoms with Crippen LogP contribution in [0, 0.1) is 0 Å². The van der Waals surface area contributed by atoms with Crippen LogP contribution in [0.4, 0.5) is 10.5 Å². The molecule has 2 N–H and O–H groups in total. The summed E-state index contributed by atoms with van der Waals surface area (Å²) in [6.07, 6.45) is 0.797. The van der Waals surface area contributed by atoms with E-state index in [2.05, 4.69) is 5.32 Å². The Morgan fingerprint density at radius 3 is 2.78 bits per heavy atom. The van der Waals surface area contributed by atoms with Crippen molar-refractivity contribution < 1.29 is 14.7 Å². The highest BCUT2D eigenvalue weighted by atomic mass is 16.4. The van der Waals surface area contributed by atoms with Crippen LogP contribution in [0.2, 0.25) is 0 Å². The fourth-order valence-electron chi connectivity index (χ4n) is 2.19. The summed E-state index contributed by atoms with van der Waals surface area (Å²) in [4.78, 5) is 24.4. The summed E-state index contributed by atoms with van der Waals surface area (Å²) in [5.74, 6) is -1.04. The quantitative estimate of drug-likeness (QED) is 0.835. The highest BCUT2D eigenvalue weighted by molar-refractivity contribution is 5.96. The van der Waals surface area contributed by atoms with Gasteiger partial charge in [-0.3, -0.25) is 9.69 Å². The van der Waals surface area contributed by atoms with Crippen molar-refractivity contribution in [2.24, 2.45) is 0 Å². The molecule has 1 aromatic rings. The number of hydrogen-bond donors (Lipinski definition) is 2. The lowest BCUT2D eigenvalue weighted by atomic mass is 10.1. The van der Waals surface area contributed by atoms with Gasteiger partial charge in [-0.15, -0.1) is 0 Å². The summed E-state index contributed by atoms with van der Waals surface area (Å²) in [7, 11) is 0. The van der Waals surface area contributed by atoms with Crippen LogP contribution in [-0.2, 0) is 11.2 Å². The summed E-state index contributed by atoms with van der Waals surface area (Å²) in [6.45, 7) is 3.40. The summed E-state index contributed by atoms with van der Waals surface area (Å²) >= 11 is 0. The molecule has 1 unspecified atom stereocenters. The Morgan fingerprint density at radius 1 is 1.44 bits per heavy atom. The number of carbonyl (C=O) groups is 2. The molecular weight excluding hydrogens is 232 g/mol. The molecule has 1 aliphatic rings. The van der Waals surface area contributed by atoms with Gasteiger partial charge in [0.1, 0.15) is 6.04 Å². The number of fused-ring (bicyclic) bond motifs is 1. The topological polar surface area (TPSA) is 69.6 Å². The average Bonchev–Trinajstić information content (AvgIpc) is 2.64. The number of nitrogens with zero attached hydrogens (tertiary/aromatic N) is 1. The number of carboxylic acids is 1. The van der Waals surface area contributed by atoms with Crippen molar-refractivity contribution in [3.8, 4) is 0 Å². The number of benzene rings is 1. The number of hydrogen-bond acceptors (Lipinski definition) is 2. The zero-order valence-corrected chi connectivity index (χ0v) is 10.4. The third-order valence-corrected chi connectivity index (χ3v) is 3.14. The number of nitrogens with one attached hydrogen (secondary N) is 1. The van der Waals surface area contributed by atoms with Crippen molar-refractivity contribution in [3.63, 3.8) is 0 Å². The summed E-state index contributed by atoms with van der Waals surface area (Å²) in [5.41, 5.74) is 1.98. The maximum atomic E-state index is 12.1. The number of carboxylic acid groups (broad SMARTS) is 1. The molecule has 0 spiro atoms. The first-order chi connectivity index (χ1) is 8.50. The molecule has 2 amide bonds. The van der Waals surface area contributed by atoms with Gasteiger partial charge < -0.3 is 10.4 Å². The summed E-state index contributed by atoms with van der Waals surface area (Å²) in [6, 6.07) is 6.47. The predicted molar refractivity (Wildman–Crippen MR) is 67.7 cm³/mol. The Bertz CT molecular complexity index is 487. The van der Waals surface area contributed by atoms with Gasteiger partial charge in [-0.1, -0.05) is 18.2 Å². The van der Waals surface area contributed by atoms with Crippen molar-refractivity contribution in [3.05, 3.63) is 29.8 Å². The first-order valence-corrected chi connectivity index (χ1v) is 5.91. The van der Waals surface area contributed by atoms with E-state index < -0.39 is 12.0 Å². The van der Waals surface area contributed by atoms with E-state index in [4.69, 9.17) is 5.11 Å². The van der Waals surface area contributed by atoms with E-state index in [-0.39, 0.29) is 12.1 Å². The lowest BCUT2D eigenvalue weighted by Gasteiger charge is -2.24. The minimum Gasteiger partial charge on any atom is -0.480 e. The van der Waals surface area contributed by atoms with Crippen molar-refractivity contribution in [2.75, 3.05) is 4.90 Å². The first-order valence-electron chi connectivity index (χ1n) is 5.91. The maximum Gasteiger partial charge on any atom is 0.325 e. The van der Waals surface area contributed by atoms with Crippen molar-refractivity contribution in [1.82, 2.24) is 5.32 Å². The van der Waals surface area contributed by atoms with Gasteiger partial charge in [-0.05, 0) is 31.9 Å². The van der Waals surface area contributed by atoms with Crippen molar-refractivity contribution in [2.45, 2.75) is 32.4 Å². The Labute approximate surface area is 105 Å². The average molecular weight is 248 g/mol. The highest BCUT2D eigenvalue weighted by Crippen LogP contribution is 2.31. The van der Waals surface area contributed by atoms with Gasteiger partial charge >= 0.3 is 12.0 Å². The van der Waals surface area contributed by atoms with E-state index in [1.807, 2.05) is 31.2 Å². The zero-order valence-electron chi connectivity index (χ0n) is 10.4. The van der Waals surface area contributed by atoms with E-state index in [1.165, 1.54) is 6.92 Å². The molecule has 0 saturated carbocycles. The number of carbonyl (C=O) groups excluding carboxylic acids is 1. The Kier molecular flexibility index (Phi) is 3.23. The van der Waals surface area contributed by atoms with Gasteiger partial charge in [0.15, 0.2) is 0 Å². The standard InChI is InChI=1S/C13H16N2O3/c1-8-7-10-5-3-4-6-11(10)15(8)13(18)14-9(2)12(16)17/h3-6,8-9H,7H2,1-2H3,(H,14,18)(H,16,17)/t8?,9-/m1/s1. The molecule has 0 radical (unpaired) electrons. The van der Waals surface area contributed by atoms with Crippen molar-refractivity contribution in [1.29, 1.82) is 0 Å². The minimum absolute atomic E-state index is 0.0448. The highest BCUT2D eigenvalue weighted by Gasteiger charge is 2.31. The molecule has 18 heavy (non-hydrogen) atoms. The fourth-order valence-corrected chi connectivity index (χ4v) is 2.19. The number of aliphatic carboxylic acids is 1. The molecule has 2 atom stereocenters. The lowest BCUT2D eigenvalue weighted by molar-refractivity contribution is -0.138. The molecule has 0 aromatic heterocycles. The number of urea groups is 1. The van der Waals surface area contributed by atoms with Crippen LogP contribution in [0.15, 0.2) is 24.3 Å². The molecular formula is C13H16N2O3. The van der Waals surface area contributed by atoms with E-state index in [0.717, 1.165) is 17.7 Å². The molecule has 0 bridgehead atoms. The monoisotopic (exact) mass is 248 g/mol. The molecule has 1 aliphatic heterocycles. The molecule has 0 aliphatic carbocycles. The molecule has 5 heteroatoms. The third kappa shape index (κ3) is 2.16. The molecule has 0 fully saturated rings. The zero-order chi connectivity index (χ0) is 13.3. The molecule has 5 nitrogen and oxygen atoms in total.